The molecule has 0 fully saturated rings. The molecule has 0 aliphatic rings. The predicted molar refractivity (Wildman–Crippen MR) is 74.2 cm³/mol. The summed E-state index contributed by atoms with van der Waals surface area (Å²) in [6, 6.07) is 6.43. The van der Waals surface area contributed by atoms with Gasteiger partial charge in [-0.25, -0.2) is 9.78 Å². The van der Waals surface area contributed by atoms with Gasteiger partial charge in [0, 0.05) is 11.8 Å². The van der Waals surface area contributed by atoms with Crippen LogP contribution in [0.5, 0.6) is 0 Å². The first-order valence-corrected chi connectivity index (χ1v) is 6.01. The fourth-order valence-corrected chi connectivity index (χ4v) is 1.73. The third-order valence-corrected chi connectivity index (χ3v) is 2.70. The molecule has 0 bridgehead atoms. The molecule has 2 aromatic heterocycles. The Morgan fingerprint density at radius 3 is 2.86 bits per heavy atom. The number of hydrogen-bond acceptors (Lipinski definition) is 6. The van der Waals surface area contributed by atoms with Crippen molar-refractivity contribution >= 4 is 17.5 Å². The number of pyridine rings is 2. The summed E-state index contributed by atoms with van der Waals surface area (Å²) in [7, 11) is 0. The number of rotatable bonds is 5. The highest BCUT2D eigenvalue weighted by Gasteiger charge is 2.17. The molecule has 8 nitrogen and oxygen atoms in total. The Hall–Kier alpha value is -3.03. The smallest absolute Gasteiger partial charge is 0.339 e. The fourth-order valence-electron chi connectivity index (χ4n) is 1.73. The average Bonchev–Trinajstić information content (AvgIpc) is 2.44. The Labute approximate surface area is 119 Å². The van der Waals surface area contributed by atoms with Crippen LogP contribution >= 0.6 is 0 Å². The van der Waals surface area contributed by atoms with Crippen LogP contribution in [0.15, 0.2) is 30.5 Å². The van der Waals surface area contributed by atoms with Gasteiger partial charge in [-0.15, -0.1) is 0 Å². The number of aromatic carboxylic acids is 1. The van der Waals surface area contributed by atoms with E-state index in [2.05, 4.69) is 15.3 Å². The van der Waals surface area contributed by atoms with Gasteiger partial charge < -0.3 is 10.4 Å². The van der Waals surface area contributed by atoms with Crippen molar-refractivity contribution in [1.82, 2.24) is 9.97 Å². The molecule has 0 aromatic carbocycles. The zero-order valence-corrected chi connectivity index (χ0v) is 11.1. The van der Waals surface area contributed by atoms with Crippen molar-refractivity contribution in [3.05, 3.63) is 57.5 Å². The van der Waals surface area contributed by atoms with Crippen LogP contribution in [0.1, 0.15) is 21.7 Å². The predicted octanol–water partition coefficient (Wildman–Crippen LogP) is 2.00. The molecule has 0 spiro atoms. The monoisotopic (exact) mass is 288 g/mol. The highest BCUT2D eigenvalue weighted by atomic mass is 16.6. The number of carbonyl (C=O) groups is 1. The van der Waals surface area contributed by atoms with Crippen LogP contribution in [-0.2, 0) is 6.54 Å². The molecule has 0 aliphatic heterocycles. The summed E-state index contributed by atoms with van der Waals surface area (Å²) in [5.41, 5.74) is 0.930. The van der Waals surface area contributed by atoms with Crippen LogP contribution in [0.3, 0.4) is 0 Å². The van der Waals surface area contributed by atoms with Crippen LogP contribution in [0.25, 0.3) is 0 Å². The van der Waals surface area contributed by atoms with Crippen molar-refractivity contribution in [2.24, 2.45) is 0 Å². The molecule has 0 saturated heterocycles. The third kappa shape index (κ3) is 3.50. The Balaban J connectivity index is 2.23. The molecule has 0 unspecified atom stereocenters. The van der Waals surface area contributed by atoms with Gasteiger partial charge in [0.2, 0.25) is 0 Å². The van der Waals surface area contributed by atoms with E-state index in [1.165, 1.54) is 0 Å². The van der Waals surface area contributed by atoms with Gasteiger partial charge in [0.1, 0.15) is 17.6 Å². The molecule has 0 saturated carbocycles. The van der Waals surface area contributed by atoms with Crippen molar-refractivity contribution in [3.8, 4) is 0 Å². The number of nitro groups is 1. The van der Waals surface area contributed by atoms with Gasteiger partial charge in [-0.3, -0.25) is 15.1 Å². The van der Waals surface area contributed by atoms with E-state index in [9.17, 15) is 14.9 Å². The van der Waals surface area contributed by atoms with E-state index < -0.39 is 10.9 Å². The zero-order chi connectivity index (χ0) is 15.4. The molecular weight excluding hydrogens is 276 g/mol. The Bertz CT molecular complexity index is 702. The minimum absolute atomic E-state index is 0.0661. The lowest BCUT2D eigenvalue weighted by molar-refractivity contribution is -0.385. The summed E-state index contributed by atoms with van der Waals surface area (Å²) in [5, 5.41) is 22.6. The average molecular weight is 288 g/mol. The van der Waals surface area contributed by atoms with E-state index in [0.717, 1.165) is 18.0 Å². The van der Waals surface area contributed by atoms with Crippen LogP contribution in [0.4, 0.5) is 11.5 Å². The summed E-state index contributed by atoms with van der Waals surface area (Å²) < 4.78 is 0. The normalized spacial score (nSPS) is 10.1. The number of aryl methyl sites for hydroxylation is 1. The first-order chi connectivity index (χ1) is 9.97. The molecular formula is C13H12N4O4. The molecule has 0 radical (unpaired) electrons. The van der Waals surface area contributed by atoms with Gasteiger partial charge in [0.25, 0.3) is 5.69 Å². The summed E-state index contributed by atoms with van der Waals surface area (Å²) in [5.74, 6) is -1.22. The molecule has 0 amide bonds. The molecule has 0 atom stereocenters. The molecule has 0 aliphatic carbocycles. The molecule has 2 rings (SSSR count). The molecule has 2 heterocycles. The van der Waals surface area contributed by atoms with Gasteiger partial charge in [0.05, 0.1) is 17.2 Å². The fraction of sp³-hybridized carbons (Fsp3) is 0.154. The number of hydrogen-bond donors (Lipinski definition) is 2. The second-order valence-corrected chi connectivity index (χ2v) is 4.28. The molecule has 108 valence electrons. The second kappa shape index (κ2) is 5.95. The lowest BCUT2D eigenvalue weighted by atomic mass is 10.2. The van der Waals surface area contributed by atoms with Crippen molar-refractivity contribution in [3.63, 3.8) is 0 Å². The third-order valence-electron chi connectivity index (χ3n) is 2.70. The first kappa shape index (κ1) is 14.4. The van der Waals surface area contributed by atoms with Crippen LogP contribution in [0, 0.1) is 17.0 Å². The van der Waals surface area contributed by atoms with Gasteiger partial charge >= 0.3 is 5.97 Å². The summed E-state index contributed by atoms with van der Waals surface area (Å²) in [6.45, 7) is 2.11. The van der Waals surface area contributed by atoms with Gasteiger partial charge in [-0.05, 0) is 19.1 Å². The number of aromatic nitrogens is 2. The van der Waals surface area contributed by atoms with Gasteiger partial charge in [-0.1, -0.05) is 6.07 Å². The van der Waals surface area contributed by atoms with E-state index in [1.807, 2.05) is 19.1 Å². The van der Waals surface area contributed by atoms with E-state index in [1.54, 1.807) is 6.07 Å². The Morgan fingerprint density at radius 2 is 2.24 bits per heavy atom. The van der Waals surface area contributed by atoms with E-state index in [-0.39, 0.29) is 23.6 Å². The highest BCUT2D eigenvalue weighted by molar-refractivity contribution is 5.93. The number of nitrogens with zero attached hydrogens (tertiary/aromatic N) is 3. The van der Waals surface area contributed by atoms with Crippen LogP contribution < -0.4 is 5.32 Å². The maximum absolute atomic E-state index is 11.1. The van der Waals surface area contributed by atoms with Crippen molar-refractivity contribution < 1.29 is 14.8 Å². The Kier molecular flexibility index (Phi) is 4.07. The summed E-state index contributed by atoms with van der Waals surface area (Å²) in [6.07, 6.45) is 1.01. The standard InChI is InChI=1S/C13H12N4O4/c1-8-3-2-4-9(16-8)6-14-12-11(13(18)19)5-10(7-15-12)17(20)21/h2-5,7H,6H2,1H3,(H,14,15)(H,18,19). The maximum atomic E-state index is 11.1. The summed E-state index contributed by atoms with van der Waals surface area (Å²) in [4.78, 5) is 29.2. The zero-order valence-electron chi connectivity index (χ0n) is 11.1. The van der Waals surface area contributed by atoms with Crippen molar-refractivity contribution in [2.45, 2.75) is 13.5 Å². The van der Waals surface area contributed by atoms with Gasteiger partial charge in [0.15, 0.2) is 0 Å². The lowest BCUT2D eigenvalue weighted by Crippen LogP contribution is -2.10. The molecule has 2 N–H and O–H groups in total. The van der Waals surface area contributed by atoms with E-state index in [4.69, 9.17) is 5.11 Å². The minimum Gasteiger partial charge on any atom is -0.478 e. The van der Waals surface area contributed by atoms with Crippen molar-refractivity contribution in [2.75, 3.05) is 5.32 Å². The van der Waals surface area contributed by atoms with Crippen LogP contribution in [0.2, 0.25) is 0 Å². The molecule has 8 heteroatoms. The maximum Gasteiger partial charge on any atom is 0.339 e. The van der Waals surface area contributed by atoms with Crippen LogP contribution in [-0.4, -0.2) is 26.0 Å². The number of carboxylic acids is 1. The number of nitrogens with one attached hydrogen (secondary N) is 1. The minimum atomic E-state index is -1.29. The topological polar surface area (TPSA) is 118 Å². The molecule has 21 heavy (non-hydrogen) atoms. The van der Waals surface area contributed by atoms with E-state index in [0.29, 0.717) is 5.69 Å². The largest absolute Gasteiger partial charge is 0.478 e. The Morgan fingerprint density at radius 1 is 1.48 bits per heavy atom. The summed E-state index contributed by atoms with van der Waals surface area (Å²) >= 11 is 0. The quantitative estimate of drug-likeness (QED) is 0.638. The SMILES string of the molecule is Cc1cccc(CNc2ncc([N+](=O)[O-])cc2C(=O)O)n1. The van der Waals surface area contributed by atoms with Crippen molar-refractivity contribution in [1.29, 1.82) is 0 Å². The highest BCUT2D eigenvalue weighted by Crippen LogP contribution is 2.19. The molecule has 2 aromatic rings. The first-order valence-electron chi connectivity index (χ1n) is 6.01. The lowest BCUT2D eigenvalue weighted by Gasteiger charge is -2.08. The number of anilines is 1. The van der Waals surface area contributed by atoms with E-state index >= 15 is 0 Å². The van der Waals surface area contributed by atoms with Gasteiger partial charge in [-0.2, -0.15) is 0 Å². The number of carboxylic acid groups (broad SMARTS) is 1. The second-order valence-electron chi connectivity index (χ2n) is 4.28.